The van der Waals surface area contributed by atoms with E-state index in [-0.39, 0.29) is 6.61 Å². The second kappa shape index (κ2) is 7.32. The topological polar surface area (TPSA) is 62.5 Å². The van der Waals surface area contributed by atoms with Gasteiger partial charge >= 0.3 is 0 Å². The highest BCUT2D eigenvalue weighted by Crippen LogP contribution is 2.25. The standard InChI is InChI=1S/C17H17NO3/c1-20-17-5-3-2-4-15(17)16(19)12-21-14-8-6-13(7-9-14)10-11-18/h2-9,16,19H,10,12H2,1H3. The van der Waals surface area contributed by atoms with Crippen LogP contribution in [0.1, 0.15) is 17.2 Å². The van der Waals surface area contributed by atoms with Crippen molar-refractivity contribution < 1.29 is 14.6 Å². The van der Waals surface area contributed by atoms with Crippen molar-refractivity contribution >= 4 is 0 Å². The van der Waals surface area contributed by atoms with Gasteiger partial charge in [-0.2, -0.15) is 5.26 Å². The molecule has 4 heteroatoms. The SMILES string of the molecule is COc1ccccc1C(O)COc1ccc(CC#N)cc1. The van der Waals surface area contributed by atoms with Crippen LogP contribution in [0.25, 0.3) is 0 Å². The van der Waals surface area contributed by atoms with Crippen LogP contribution in [-0.2, 0) is 6.42 Å². The van der Waals surface area contributed by atoms with E-state index < -0.39 is 6.10 Å². The third-order valence-corrected chi connectivity index (χ3v) is 3.11. The minimum atomic E-state index is -0.764. The Balaban J connectivity index is 1.97. The fourth-order valence-electron chi connectivity index (χ4n) is 2.00. The lowest BCUT2D eigenvalue weighted by Gasteiger charge is -2.15. The maximum atomic E-state index is 10.2. The van der Waals surface area contributed by atoms with Gasteiger partial charge in [-0.25, -0.2) is 0 Å². The van der Waals surface area contributed by atoms with Gasteiger partial charge in [-0.15, -0.1) is 0 Å². The molecule has 0 aliphatic heterocycles. The maximum absolute atomic E-state index is 10.2. The molecule has 0 fully saturated rings. The average molecular weight is 283 g/mol. The zero-order valence-electron chi connectivity index (χ0n) is 11.8. The Bertz CT molecular complexity index is 617. The quantitative estimate of drug-likeness (QED) is 0.885. The van der Waals surface area contributed by atoms with Crippen LogP contribution in [0.4, 0.5) is 0 Å². The molecule has 0 saturated carbocycles. The van der Waals surface area contributed by atoms with E-state index in [0.29, 0.717) is 23.5 Å². The first-order chi connectivity index (χ1) is 10.2. The highest BCUT2D eigenvalue weighted by atomic mass is 16.5. The lowest BCUT2D eigenvalue weighted by molar-refractivity contribution is 0.106. The number of nitriles is 1. The molecule has 0 aromatic heterocycles. The largest absolute Gasteiger partial charge is 0.496 e. The van der Waals surface area contributed by atoms with Gasteiger partial charge in [0, 0.05) is 5.56 Å². The normalized spacial score (nSPS) is 11.5. The van der Waals surface area contributed by atoms with E-state index >= 15 is 0 Å². The van der Waals surface area contributed by atoms with Crippen molar-refractivity contribution in [2.45, 2.75) is 12.5 Å². The molecular weight excluding hydrogens is 266 g/mol. The van der Waals surface area contributed by atoms with Gasteiger partial charge in [-0.3, -0.25) is 0 Å². The van der Waals surface area contributed by atoms with Crippen LogP contribution in [0.2, 0.25) is 0 Å². The fraction of sp³-hybridized carbons (Fsp3) is 0.235. The molecule has 0 heterocycles. The molecular formula is C17H17NO3. The molecule has 0 spiro atoms. The van der Waals surface area contributed by atoms with Gasteiger partial charge in [0.2, 0.25) is 0 Å². The molecule has 4 nitrogen and oxygen atoms in total. The van der Waals surface area contributed by atoms with Gasteiger partial charge in [0.15, 0.2) is 0 Å². The van der Waals surface area contributed by atoms with Crippen molar-refractivity contribution in [3.63, 3.8) is 0 Å². The number of aliphatic hydroxyl groups excluding tert-OH is 1. The first-order valence-corrected chi connectivity index (χ1v) is 6.64. The summed E-state index contributed by atoms with van der Waals surface area (Å²) in [5, 5.41) is 18.8. The number of hydrogen-bond donors (Lipinski definition) is 1. The molecule has 21 heavy (non-hydrogen) atoms. The average Bonchev–Trinajstić information content (AvgIpc) is 2.54. The third kappa shape index (κ3) is 3.98. The van der Waals surface area contributed by atoms with Crippen LogP contribution < -0.4 is 9.47 Å². The molecule has 0 radical (unpaired) electrons. The van der Waals surface area contributed by atoms with Gasteiger partial charge in [-0.05, 0) is 23.8 Å². The lowest BCUT2D eigenvalue weighted by Crippen LogP contribution is -2.10. The van der Waals surface area contributed by atoms with E-state index in [0.717, 1.165) is 5.56 Å². The van der Waals surface area contributed by atoms with E-state index in [4.69, 9.17) is 14.7 Å². The number of rotatable bonds is 6. The molecule has 2 rings (SSSR count). The second-order valence-electron chi connectivity index (χ2n) is 4.55. The predicted octanol–water partition coefficient (Wildman–Crippen LogP) is 2.87. The van der Waals surface area contributed by atoms with E-state index in [1.165, 1.54) is 0 Å². The fourth-order valence-corrected chi connectivity index (χ4v) is 2.00. The number of aliphatic hydroxyl groups is 1. The number of para-hydroxylation sites is 1. The van der Waals surface area contributed by atoms with Crippen LogP contribution >= 0.6 is 0 Å². The Labute approximate surface area is 124 Å². The van der Waals surface area contributed by atoms with Crippen LogP contribution in [0.15, 0.2) is 48.5 Å². The minimum absolute atomic E-state index is 0.137. The van der Waals surface area contributed by atoms with Crippen LogP contribution in [-0.4, -0.2) is 18.8 Å². The van der Waals surface area contributed by atoms with Crippen molar-refractivity contribution in [3.8, 4) is 17.6 Å². The van der Waals surface area contributed by atoms with E-state index in [1.54, 1.807) is 25.3 Å². The smallest absolute Gasteiger partial charge is 0.124 e. The van der Waals surface area contributed by atoms with Crippen LogP contribution in [0.3, 0.4) is 0 Å². The number of ether oxygens (including phenoxy) is 2. The molecule has 0 saturated heterocycles. The van der Waals surface area contributed by atoms with Crippen molar-refractivity contribution in [2.24, 2.45) is 0 Å². The van der Waals surface area contributed by atoms with Gasteiger partial charge in [0.1, 0.15) is 24.2 Å². The second-order valence-corrected chi connectivity index (χ2v) is 4.55. The summed E-state index contributed by atoms with van der Waals surface area (Å²) in [5.74, 6) is 1.30. The Morgan fingerprint density at radius 1 is 1.14 bits per heavy atom. The summed E-state index contributed by atoms with van der Waals surface area (Å²) >= 11 is 0. The van der Waals surface area contributed by atoms with Crippen LogP contribution in [0, 0.1) is 11.3 Å². The molecule has 0 aliphatic rings. The zero-order chi connectivity index (χ0) is 15.1. The number of benzene rings is 2. The van der Waals surface area contributed by atoms with Gasteiger partial charge in [0.05, 0.1) is 19.6 Å². The minimum Gasteiger partial charge on any atom is -0.496 e. The Morgan fingerprint density at radius 3 is 2.52 bits per heavy atom. The van der Waals surface area contributed by atoms with Crippen molar-refractivity contribution in [1.82, 2.24) is 0 Å². The summed E-state index contributed by atoms with van der Waals surface area (Å²) in [5.41, 5.74) is 1.64. The molecule has 1 unspecified atom stereocenters. The van der Waals surface area contributed by atoms with E-state index in [2.05, 4.69) is 6.07 Å². The molecule has 0 amide bonds. The lowest BCUT2D eigenvalue weighted by atomic mass is 10.1. The number of nitrogens with zero attached hydrogens (tertiary/aromatic N) is 1. The van der Waals surface area contributed by atoms with Gasteiger partial charge in [-0.1, -0.05) is 30.3 Å². The van der Waals surface area contributed by atoms with Crippen LogP contribution in [0.5, 0.6) is 11.5 Å². The van der Waals surface area contributed by atoms with Gasteiger partial charge in [0.25, 0.3) is 0 Å². The maximum Gasteiger partial charge on any atom is 0.124 e. The van der Waals surface area contributed by atoms with Crippen molar-refractivity contribution in [1.29, 1.82) is 5.26 Å². The summed E-state index contributed by atoms with van der Waals surface area (Å²) in [6, 6.07) is 16.7. The van der Waals surface area contributed by atoms with Crippen molar-refractivity contribution in [3.05, 3.63) is 59.7 Å². The summed E-state index contributed by atoms with van der Waals surface area (Å²) in [6.45, 7) is 0.137. The molecule has 0 aliphatic carbocycles. The van der Waals surface area contributed by atoms with Crippen molar-refractivity contribution in [2.75, 3.05) is 13.7 Å². The highest BCUT2D eigenvalue weighted by Gasteiger charge is 2.13. The van der Waals surface area contributed by atoms with Gasteiger partial charge < -0.3 is 14.6 Å². The van der Waals surface area contributed by atoms with E-state index in [9.17, 15) is 5.11 Å². The summed E-state index contributed by atoms with van der Waals surface area (Å²) < 4.78 is 10.8. The first kappa shape index (κ1) is 14.9. The predicted molar refractivity (Wildman–Crippen MR) is 79.2 cm³/mol. The third-order valence-electron chi connectivity index (χ3n) is 3.11. The number of methoxy groups -OCH3 is 1. The summed E-state index contributed by atoms with van der Waals surface area (Å²) in [6.07, 6.45) is -0.385. The molecule has 1 atom stereocenters. The Morgan fingerprint density at radius 2 is 1.86 bits per heavy atom. The molecule has 108 valence electrons. The molecule has 1 N–H and O–H groups in total. The monoisotopic (exact) mass is 283 g/mol. The molecule has 2 aromatic rings. The first-order valence-electron chi connectivity index (χ1n) is 6.64. The zero-order valence-corrected chi connectivity index (χ0v) is 11.8. The highest BCUT2D eigenvalue weighted by molar-refractivity contribution is 5.35. The Hall–Kier alpha value is -2.51. The molecule has 2 aromatic carbocycles. The molecule has 0 bridgehead atoms. The van der Waals surface area contributed by atoms with E-state index in [1.807, 2.05) is 30.3 Å². The Kier molecular flexibility index (Phi) is 5.19. The number of hydrogen-bond acceptors (Lipinski definition) is 4. The summed E-state index contributed by atoms with van der Waals surface area (Å²) in [7, 11) is 1.57. The summed E-state index contributed by atoms with van der Waals surface area (Å²) in [4.78, 5) is 0.